The van der Waals surface area contributed by atoms with Gasteiger partial charge in [0.15, 0.2) is 5.78 Å². The number of aromatic hydroxyl groups is 1. The van der Waals surface area contributed by atoms with Gasteiger partial charge in [0, 0.05) is 5.92 Å². The molecule has 0 radical (unpaired) electrons. The smallest absolute Gasteiger partial charge is 0.152 e. The number of benzene rings is 1. The third kappa shape index (κ3) is 3.36. The lowest BCUT2D eigenvalue weighted by atomic mass is 9.96. The summed E-state index contributed by atoms with van der Waals surface area (Å²) in [5.74, 6) is 0.266. The van der Waals surface area contributed by atoms with Gasteiger partial charge in [-0.05, 0) is 24.1 Å². The van der Waals surface area contributed by atoms with Gasteiger partial charge in [0.05, 0.1) is 6.04 Å². The van der Waals surface area contributed by atoms with Gasteiger partial charge in [-0.25, -0.2) is 0 Å². The van der Waals surface area contributed by atoms with Crippen molar-refractivity contribution < 1.29 is 9.90 Å². The minimum Gasteiger partial charge on any atom is -0.508 e. The Morgan fingerprint density at radius 2 is 1.87 bits per heavy atom. The topological polar surface area (TPSA) is 63.3 Å². The van der Waals surface area contributed by atoms with Crippen LogP contribution in [0.2, 0.25) is 0 Å². The summed E-state index contributed by atoms with van der Waals surface area (Å²) in [6, 6.07) is 6.31. The minimum absolute atomic E-state index is 0.0304. The van der Waals surface area contributed by atoms with E-state index in [2.05, 4.69) is 0 Å². The van der Waals surface area contributed by atoms with Crippen LogP contribution in [-0.2, 0) is 11.2 Å². The number of phenolic OH excluding ortho intramolecular Hbond substituents is 1. The molecule has 0 fully saturated rings. The van der Waals surface area contributed by atoms with Crippen molar-refractivity contribution in [2.24, 2.45) is 11.7 Å². The van der Waals surface area contributed by atoms with Crippen LogP contribution in [0, 0.1) is 5.92 Å². The quantitative estimate of drug-likeness (QED) is 0.786. The predicted octanol–water partition coefficient (Wildman–Crippen LogP) is 1.49. The molecule has 0 aliphatic rings. The minimum atomic E-state index is -0.449. The fourth-order valence-electron chi connectivity index (χ4n) is 1.41. The molecule has 0 bridgehead atoms. The molecule has 0 aliphatic carbocycles. The van der Waals surface area contributed by atoms with E-state index in [-0.39, 0.29) is 17.5 Å². The second-order valence-corrected chi connectivity index (χ2v) is 4.03. The van der Waals surface area contributed by atoms with Gasteiger partial charge in [-0.2, -0.15) is 0 Å². The summed E-state index contributed by atoms with van der Waals surface area (Å²) in [5, 5.41) is 9.09. The maximum absolute atomic E-state index is 11.5. The van der Waals surface area contributed by atoms with E-state index in [1.165, 1.54) is 0 Å². The molecular formula is C12H17NO2. The van der Waals surface area contributed by atoms with Gasteiger partial charge in [-0.15, -0.1) is 0 Å². The molecular weight excluding hydrogens is 190 g/mol. The number of hydrogen-bond acceptors (Lipinski definition) is 3. The summed E-state index contributed by atoms with van der Waals surface area (Å²) in [4.78, 5) is 11.5. The standard InChI is InChI=1S/C12H17NO2/c1-8(2)12(15)11(13)7-9-3-5-10(14)6-4-9/h3-6,8,11,14H,7,13H2,1-2H3/t11-/m0/s1. The van der Waals surface area contributed by atoms with E-state index < -0.39 is 6.04 Å². The van der Waals surface area contributed by atoms with Gasteiger partial charge in [0.25, 0.3) is 0 Å². The monoisotopic (exact) mass is 207 g/mol. The fourth-order valence-corrected chi connectivity index (χ4v) is 1.41. The van der Waals surface area contributed by atoms with Crippen molar-refractivity contribution >= 4 is 5.78 Å². The number of carbonyl (C=O) groups excluding carboxylic acids is 1. The Hall–Kier alpha value is -1.35. The summed E-state index contributed by atoms with van der Waals surface area (Å²) < 4.78 is 0. The summed E-state index contributed by atoms with van der Waals surface area (Å²) in [6.07, 6.45) is 0.525. The zero-order chi connectivity index (χ0) is 11.4. The Kier molecular flexibility index (Phi) is 3.86. The number of carbonyl (C=O) groups is 1. The lowest BCUT2D eigenvalue weighted by molar-refractivity contribution is -0.123. The Labute approximate surface area is 89.9 Å². The molecule has 0 amide bonds. The highest BCUT2D eigenvalue weighted by atomic mass is 16.3. The molecule has 3 nitrogen and oxygen atoms in total. The van der Waals surface area contributed by atoms with E-state index in [1.807, 2.05) is 13.8 Å². The second kappa shape index (κ2) is 4.94. The van der Waals surface area contributed by atoms with Gasteiger partial charge in [-0.1, -0.05) is 26.0 Å². The molecule has 0 unspecified atom stereocenters. The van der Waals surface area contributed by atoms with Crippen LogP contribution >= 0.6 is 0 Å². The van der Waals surface area contributed by atoms with Crippen LogP contribution < -0.4 is 5.73 Å². The van der Waals surface area contributed by atoms with Crippen molar-refractivity contribution in [1.29, 1.82) is 0 Å². The van der Waals surface area contributed by atoms with Crippen molar-refractivity contribution in [3.8, 4) is 5.75 Å². The average Bonchev–Trinajstić information content (AvgIpc) is 2.20. The van der Waals surface area contributed by atoms with E-state index in [1.54, 1.807) is 24.3 Å². The summed E-state index contributed by atoms with van der Waals surface area (Å²) >= 11 is 0. The molecule has 1 rings (SSSR count). The maximum Gasteiger partial charge on any atom is 0.152 e. The van der Waals surface area contributed by atoms with Crippen LogP contribution in [0.4, 0.5) is 0 Å². The van der Waals surface area contributed by atoms with Crippen LogP contribution in [0.3, 0.4) is 0 Å². The van der Waals surface area contributed by atoms with E-state index >= 15 is 0 Å². The van der Waals surface area contributed by atoms with E-state index in [0.29, 0.717) is 6.42 Å². The predicted molar refractivity (Wildman–Crippen MR) is 59.6 cm³/mol. The third-order valence-corrected chi connectivity index (χ3v) is 2.33. The zero-order valence-electron chi connectivity index (χ0n) is 9.10. The first-order chi connectivity index (χ1) is 7.00. The summed E-state index contributed by atoms with van der Waals surface area (Å²) in [5.41, 5.74) is 6.74. The molecule has 3 N–H and O–H groups in total. The number of ketones is 1. The molecule has 0 aliphatic heterocycles. The zero-order valence-corrected chi connectivity index (χ0v) is 9.10. The molecule has 3 heteroatoms. The average molecular weight is 207 g/mol. The van der Waals surface area contributed by atoms with Gasteiger partial charge < -0.3 is 10.8 Å². The molecule has 1 aromatic rings. The van der Waals surface area contributed by atoms with Gasteiger partial charge in [0.2, 0.25) is 0 Å². The number of rotatable bonds is 4. The number of Topliss-reactive ketones (excluding diaryl/α,β-unsaturated/α-hetero) is 1. The Morgan fingerprint density at radius 3 is 2.33 bits per heavy atom. The highest BCUT2D eigenvalue weighted by molar-refractivity contribution is 5.85. The summed E-state index contributed by atoms with van der Waals surface area (Å²) in [6.45, 7) is 3.69. The van der Waals surface area contributed by atoms with E-state index in [0.717, 1.165) is 5.56 Å². The molecule has 0 saturated carbocycles. The van der Waals surface area contributed by atoms with Crippen LogP contribution in [-0.4, -0.2) is 16.9 Å². The molecule has 0 saturated heterocycles. The first-order valence-corrected chi connectivity index (χ1v) is 5.08. The van der Waals surface area contributed by atoms with Gasteiger partial charge in [0.1, 0.15) is 5.75 Å². The molecule has 82 valence electrons. The van der Waals surface area contributed by atoms with Crippen molar-refractivity contribution in [2.45, 2.75) is 26.3 Å². The van der Waals surface area contributed by atoms with Crippen LogP contribution in [0.15, 0.2) is 24.3 Å². The lowest BCUT2D eigenvalue weighted by Gasteiger charge is -2.12. The molecule has 1 aromatic carbocycles. The van der Waals surface area contributed by atoms with Crippen molar-refractivity contribution in [3.05, 3.63) is 29.8 Å². The van der Waals surface area contributed by atoms with Crippen molar-refractivity contribution in [3.63, 3.8) is 0 Å². The van der Waals surface area contributed by atoms with Crippen LogP contribution in [0.25, 0.3) is 0 Å². The second-order valence-electron chi connectivity index (χ2n) is 4.03. The number of phenols is 1. The molecule has 0 aromatic heterocycles. The SMILES string of the molecule is CC(C)C(=O)[C@@H](N)Cc1ccc(O)cc1. The maximum atomic E-state index is 11.5. The van der Waals surface area contributed by atoms with Gasteiger partial charge >= 0.3 is 0 Å². The molecule has 0 spiro atoms. The Morgan fingerprint density at radius 1 is 1.33 bits per heavy atom. The number of nitrogens with two attached hydrogens (primary N) is 1. The van der Waals surface area contributed by atoms with Crippen molar-refractivity contribution in [1.82, 2.24) is 0 Å². The van der Waals surface area contributed by atoms with Gasteiger partial charge in [-0.3, -0.25) is 4.79 Å². The van der Waals surface area contributed by atoms with E-state index in [4.69, 9.17) is 10.8 Å². The van der Waals surface area contributed by atoms with E-state index in [9.17, 15) is 4.79 Å². The lowest BCUT2D eigenvalue weighted by Crippen LogP contribution is -2.35. The molecule has 1 atom stereocenters. The third-order valence-electron chi connectivity index (χ3n) is 2.33. The highest BCUT2D eigenvalue weighted by Crippen LogP contribution is 2.12. The Bertz CT molecular complexity index is 330. The highest BCUT2D eigenvalue weighted by Gasteiger charge is 2.16. The van der Waals surface area contributed by atoms with Crippen LogP contribution in [0.5, 0.6) is 5.75 Å². The van der Waals surface area contributed by atoms with Crippen molar-refractivity contribution in [2.75, 3.05) is 0 Å². The molecule has 15 heavy (non-hydrogen) atoms. The summed E-state index contributed by atoms with van der Waals surface area (Å²) in [7, 11) is 0. The largest absolute Gasteiger partial charge is 0.508 e. The first-order valence-electron chi connectivity index (χ1n) is 5.08. The normalized spacial score (nSPS) is 12.8. The first kappa shape index (κ1) is 11.7. The number of hydrogen-bond donors (Lipinski definition) is 2. The Balaban J connectivity index is 2.62. The fraction of sp³-hybridized carbons (Fsp3) is 0.417. The molecule has 0 heterocycles. The van der Waals surface area contributed by atoms with Crippen LogP contribution in [0.1, 0.15) is 19.4 Å².